The lowest BCUT2D eigenvalue weighted by Gasteiger charge is -2.33. The van der Waals surface area contributed by atoms with Gasteiger partial charge >= 0.3 is 6.09 Å². The molecule has 3 rings (SSSR count). The summed E-state index contributed by atoms with van der Waals surface area (Å²) in [5, 5.41) is 7.05. The van der Waals surface area contributed by atoms with Gasteiger partial charge in [-0.25, -0.2) is 4.79 Å². The summed E-state index contributed by atoms with van der Waals surface area (Å²) in [4.78, 5) is 27.7. The second-order valence-corrected chi connectivity index (χ2v) is 5.85. The van der Waals surface area contributed by atoms with Crippen LogP contribution in [-0.2, 0) is 4.74 Å². The van der Waals surface area contributed by atoms with Crippen LogP contribution in [0.15, 0.2) is 30.3 Å². The van der Waals surface area contributed by atoms with E-state index in [1.165, 1.54) is 0 Å². The molecule has 8 nitrogen and oxygen atoms in total. The number of nitrogens with one attached hydrogen (secondary N) is 1. The number of benzene rings is 1. The standard InChI is InChI=1S/C18H22N4O4/c1-3-26-18(24)22-10-8-21(9-11-22)17(23)15-12-14(19-20-15)13-6-4-5-7-16(13)25-2/h4-7,12H,3,8-11H2,1-2H3,(H,19,20). The molecule has 1 saturated heterocycles. The Bertz CT molecular complexity index is 781. The molecule has 1 aromatic heterocycles. The van der Waals surface area contributed by atoms with E-state index in [1.54, 1.807) is 29.9 Å². The van der Waals surface area contributed by atoms with E-state index < -0.39 is 0 Å². The number of rotatable bonds is 4. The van der Waals surface area contributed by atoms with E-state index in [-0.39, 0.29) is 12.0 Å². The first kappa shape index (κ1) is 17.8. The van der Waals surface area contributed by atoms with Crippen molar-refractivity contribution < 1.29 is 19.1 Å². The molecule has 1 N–H and O–H groups in total. The van der Waals surface area contributed by atoms with Crippen molar-refractivity contribution >= 4 is 12.0 Å². The lowest BCUT2D eigenvalue weighted by molar-refractivity contribution is 0.0566. The first-order chi connectivity index (χ1) is 12.6. The van der Waals surface area contributed by atoms with Crippen LogP contribution >= 0.6 is 0 Å². The molecule has 0 saturated carbocycles. The minimum absolute atomic E-state index is 0.137. The smallest absolute Gasteiger partial charge is 0.409 e. The number of methoxy groups -OCH3 is 1. The van der Waals surface area contributed by atoms with Gasteiger partial charge in [0.05, 0.1) is 19.4 Å². The largest absolute Gasteiger partial charge is 0.496 e. The molecule has 1 aliphatic heterocycles. The Morgan fingerprint density at radius 2 is 1.85 bits per heavy atom. The Kier molecular flexibility index (Phi) is 5.40. The summed E-state index contributed by atoms with van der Waals surface area (Å²) in [5.74, 6) is 0.559. The van der Waals surface area contributed by atoms with Gasteiger partial charge in [0.2, 0.25) is 0 Å². The maximum atomic E-state index is 12.7. The number of para-hydroxylation sites is 1. The summed E-state index contributed by atoms with van der Waals surface area (Å²) >= 11 is 0. The molecular weight excluding hydrogens is 336 g/mol. The summed E-state index contributed by atoms with van der Waals surface area (Å²) in [6, 6.07) is 9.23. The van der Waals surface area contributed by atoms with Gasteiger partial charge in [-0.3, -0.25) is 9.89 Å². The van der Waals surface area contributed by atoms with Crippen LogP contribution in [0.2, 0.25) is 0 Å². The van der Waals surface area contributed by atoms with Crippen LogP contribution in [0.1, 0.15) is 17.4 Å². The molecule has 26 heavy (non-hydrogen) atoms. The van der Waals surface area contributed by atoms with Gasteiger partial charge in [-0.1, -0.05) is 12.1 Å². The Labute approximate surface area is 151 Å². The van der Waals surface area contributed by atoms with Crippen LogP contribution in [-0.4, -0.2) is 71.9 Å². The van der Waals surface area contributed by atoms with Crippen molar-refractivity contribution in [3.63, 3.8) is 0 Å². The van der Waals surface area contributed by atoms with Crippen molar-refractivity contribution in [2.24, 2.45) is 0 Å². The predicted octanol–water partition coefficient (Wildman–Crippen LogP) is 2.00. The third-order valence-corrected chi connectivity index (χ3v) is 4.28. The van der Waals surface area contributed by atoms with E-state index in [0.29, 0.717) is 49.9 Å². The highest BCUT2D eigenvalue weighted by Gasteiger charge is 2.26. The van der Waals surface area contributed by atoms with Crippen molar-refractivity contribution in [1.82, 2.24) is 20.0 Å². The zero-order chi connectivity index (χ0) is 18.5. The molecule has 0 unspecified atom stereocenters. The maximum Gasteiger partial charge on any atom is 0.409 e. The number of hydrogen-bond acceptors (Lipinski definition) is 5. The first-order valence-electron chi connectivity index (χ1n) is 8.53. The highest BCUT2D eigenvalue weighted by Crippen LogP contribution is 2.28. The second kappa shape index (κ2) is 7.90. The summed E-state index contributed by atoms with van der Waals surface area (Å²) in [5.41, 5.74) is 1.88. The van der Waals surface area contributed by atoms with Crippen LogP contribution in [0.5, 0.6) is 5.75 Å². The van der Waals surface area contributed by atoms with Crippen LogP contribution in [0.3, 0.4) is 0 Å². The van der Waals surface area contributed by atoms with E-state index in [9.17, 15) is 9.59 Å². The molecule has 2 heterocycles. The fourth-order valence-corrected chi connectivity index (χ4v) is 2.90. The summed E-state index contributed by atoms with van der Waals surface area (Å²) in [7, 11) is 1.60. The molecule has 2 amide bonds. The summed E-state index contributed by atoms with van der Waals surface area (Å²) < 4.78 is 10.3. The molecule has 1 aliphatic rings. The van der Waals surface area contributed by atoms with Gasteiger partial charge in [0, 0.05) is 31.7 Å². The molecule has 0 aliphatic carbocycles. The number of H-pyrrole nitrogens is 1. The lowest BCUT2D eigenvalue weighted by Crippen LogP contribution is -2.50. The fraction of sp³-hybridized carbons (Fsp3) is 0.389. The fourth-order valence-electron chi connectivity index (χ4n) is 2.90. The van der Waals surface area contributed by atoms with E-state index >= 15 is 0 Å². The van der Waals surface area contributed by atoms with Crippen molar-refractivity contribution in [2.75, 3.05) is 39.9 Å². The molecule has 8 heteroatoms. The number of amides is 2. The van der Waals surface area contributed by atoms with Gasteiger partial charge < -0.3 is 19.3 Å². The number of piperazine rings is 1. The Morgan fingerprint density at radius 1 is 1.15 bits per heavy atom. The SMILES string of the molecule is CCOC(=O)N1CCN(C(=O)c2cc(-c3ccccc3OC)n[nH]2)CC1. The molecule has 0 radical (unpaired) electrons. The third-order valence-electron chi connectivity index (χ3n) is 4.28. The molecule has 1 fully saturated rings. The van der Waals surface area contributed by atoms with Crippen molar-refractivity contribution in [3.8, 4) is 17.0 Å². The third kappa shape index (κ3) is 3.63. The average Bonchev–Trinajstić information content (AvgIpc) is 3.17. The van der Waals surface area contributed by atoms with Crippen LogP contribution in [0.25, 0.3) is 11.3 Å². The molecule has 0 spiro atoms. The number of carbonyl (C=O) groups is 2. The van der Waals surface area contributed by atoms with E-state index in [1.807, 2.05) is 24.3 Å². The van der Waals surface area contributed by atoms with Crippen molar-refractivity contribution in [3.05, 3.63) is 36.0 Å². The number of carbonyl (C=O) groups excluding carboxylic acids is 2. The molecule has 1 aromatic carbocycles. The molecule has 0 atom stereocenters. The normalized spacial score (nSPS) is 14.2. The monoisotopic (exact) mass is 358 g/mol. The number of nitrogens with zero attached hydrogens (tertiary/aromatic N) is 3. The Morgan fingerprint density at radius 3 is 2.54 bits per heavy atom. The van der Waals surface area contributed by atoms with Crippen molar-refractivity contribution in [2.45, 2.75) is 6.92 Å². The van der Waals surface area contributed by atoms with E-state index in [4.69, 9.17) is 9.47 Å². The van der Waals surface area contributed by atoms with E-state index in [0.717, 1.165) is 5.56 Å². The highest BCUT2D eigenvalue weighted by molar-refractivity contribution is 5.93. The number of aromatic amines is 1. The van der Waals surface area contributed by atoms with Gasteiger partial charge in [0.15, 0.2) is 0 Å². The first-order valence-corrected chi connectivity index (χ1v) is 8.53. The number of hydrogen-bond donors (Lipinski definition) is 1. The average molecular weight is 358 g/mol. The van der Waals surface area contributed by atoms with Crippen LogP contribution in [0.4, 0.5) is 4.79 Å². The summed E-state index contributed by atoms with van der Waals surface area (Å²) in [6.07, 6.45) is -0.334. The molecule has 138 valence electrons. The predicted molar refractivity (Wildman–Crippen MR) is 95.1 cm³/mol. The zero-order valence-corrected chi connectivity index (χ0v) is 14.9. The van der Waals surface area contributed by atoms with Gasteiger partial charge in [-0.05, 0) is 25.1 Å². The quantitative estimate of drug-likeness (QED) is 0.903. The minimum atomic E-state index is -0.334. The molecular formula is C18H22N4O4. The van der Waals surface area contributed by atoms with Gasteiger partial charge in [-0.15, -0.1) is 0 Å². The van der Waals surface area contributed by atoms with E-state index in [2.05, 4.69) is 10.2 Å². The Balaban J connectivity index is 1.67. The van der Waals surface area contributed by atoms with Crippen LogP contribution < -0.4 is 4.74 Å². The lowest BCUT2D eigenvalue weighted by atomic mass is 10.1. The van der Waals surface area contributed by atoms with Gasteiger partial charge in [0.25, 0.3) is 5.91 Å². The maximum absolute atomic E-state index is 12.7. The summed E-state index contributed by atoms with van der Waals surface area (Å²) in [6.45, 7) is 3.95. The highest BCUT2D eigenvalue weighted by atomic mass is 16.6. The number of aromatic nitrogens is 2. The van der Waals surface area contributed by atoms with Crippen LogP contribution in [0, 0.1) is 0 Å². The van der Waals surface area contributed by atoms with Crippen molar-refractivity contribution in [1.29, 1.82) is 0 Å². The minimum Gasteiger partial charge on any atom is -0.496 e. The zero-order valence-electron chi connectivity index (χ0n) is 14.9. The number of ether oxygens (including phenoxy) is 2. The van der Waals surface area contributed by atoms with Gasteiger partial charge in [0.1, 0.15) is 11.4 Å². The molecule has 0 bridgehead atoms. The molecule has 2 aromatic rings. The second-order valence-electron chi connectivity index (χ2n) is 5.85. The Hall–Kier alpha value is -3.03. The topological polar surface area (TPSA) is 87.8 Å². The van der Waals surface area contributed by atoms with Gasteiger partial charge in [-0.2, -0.15) is 5.10 Å².